The molecule has 3 aliphatic carbocycles. The number of imidazole rings is 1. The van der Waals surface area contributed by atoms with Gasteiger partial charge >= 0.3 is 0 Å². The molecule has 0 radical (unpaired) electrons. The molecule has 0 spiro atoms. The van der Waals surface area contributed by atoms with E-state index in [1.165, 1.54) is 24.6 Å². The second-order valence-corrected chi connectivity index (χ2v) is 10.8. The molecule has 0 bridgehead atoms. The Balaban J connectivity index is 1.42. The number of aliphatic hydroxyl groups excluding tert-OH is 2. The average Bonchev–Trinajstić information content (AvgIpc) is 3.65. The first kappa shape index (κ1) is 20.8. The van der Waals surface area contributed by atoms with Crippen molar-refractivity contribution in [1.82, 2.24) is 19.5 Å². The predicted molar refractivity (Wildman–Crippen MR) is 124 cm³/mol. The number of aliphatic hydroxyl groups is 2. The maximum atomic E-state index is 12.3. The molecule has 0 amide bonds. The minimum Gasteiger partial charge on any atom is -0.389 e. The van der Waals surface area contributed by atoms with Gasteiger partial charge < -0.3 is 20.1 Å². The van der Waals surface area contributed by atoms with Gasteiger partial charge in [-0.15, -0.1) is 11.3 Å². The summed E-state index contributed by atoms with van der Waals surface area (Å²) in [6.45, 7) is 4.35. The monoisotopic (exact) mass is 463 g/mol. The number of nitrogens with zero attached hydrogens (tertiary/aromatic N) is 4. The number of aromatic nitrogens is 4. The Bertz CT molecular complexity index is 1330. The number of carbonyl (C=O) groups is 1. The van der Waals surface area contributed by atoms with E-state index in [2.05, 4.69) is 32.1 Å². The summed E-state index contributed by atoms with van der Waals surface area (Å²) >= 11 is 1.62. The largest absolute Gasteiger partial charge is 0.389 e. The summed E-state index contributed by atoms with van der Waals surface area (Å²) in [6.07, 6.45) is 2.47. The highest BCUT2D eigenvalue weighted by Gasteiger charge is 2.74. The van der Waals surface area contributed by atoms with E-state index < -0.39 is 23.7 Å². The van der Waals surface area contributed by atoms with E-state index in [1.807, 2.05) is 19.1 Å². The van der Waals surface area contributed by atoms with Gasteiger partial charge in [-0.1, -0.05) is 0 Å². The average molecular weight is 464 g/mol. The molecule has 2 unspecified atom stereocenters. The van der Waals surface area contributed by atoms with Gasteiger partial charge in [-0.2, -0.15) is 0 Å². The molecule has 170 valence electrons. The van der Waals surface area contributed by atoms with Crippen LogP contribution in [0.5, 0.6) is 0 Å². The molecule has 3 N–H and O–H groups in total. The summed E-state index contributed by atoms with van der Waals surface area (Å²) in [5.41, 5.74) is 0.300. The number of thiophene rings is 1. The molecule has 6 rings (SSSR count). The van der Waals surface area contributed by atoms with Gasteiger partial charge in [0.25, 0.3) is 0 Å². The van der Waals surface area contributed by atoms with E-state index in [4.69, 9.17) is 0 Å². The highest BCUT2D eigenvalue weighted by molar-refractivity contribution is 7.12. The number of aryl methyl sites for hydroxylation is 1. The third kappa shape index (κ3) is 3.28. The molecule has 3 fully saturated rings. The molecule has 8 nitrogen and oxygen atoms in total. The first-order valence-electron chi connectivity index (χ1n) is 11.3. The number of ketones is 1. The number of rotatable bonds is 5. The molecule has 5 atom stereocenters. The number of hydrogen-bond acceptors (Lipinski definition) is 8. The molecule has 0 aliphatic heterocycles. The van der Waals surface area contributed by atoms with Gasteiger partial charge in [0, 0.05) is 11.4 Å². The Morgan fingerprint density at radius 3 is 2.79 bits per heavy atom. The van der Waals surface area contributed by atoms with Crippen molar-refractivity contribution in [3.8, 4) is 11.8 Å². The van der Waals surface area contributed by atoms with Crippen molar-refractivity contribution in [1.29, 1.82) is 0 Å². The van der Waals surface area contributed by atoms with Gasteiger partial charge in [0.1, 0.15) is 11.9 Å². The second kappa shape index (κ2) is 7.35. The molecular formula is C24H25N5O3S. The Morgan fingerprint density at radius 1 is 1.30 bits per heavy atom. The second-order valence-electron chi connectivity index (χ2n) is 9.54. The molecule has 3 aromatic rings. The summed E-state index contributed by atoms with van der Waals surface area (Å²) in [5.74, 6) is 7.64. The number of nitrogens with one attached hydrogen (secondary N) is 1. The number of anilines is 1. The van der Waals surface area contributed by atoms with E-state index in [-0.39, 0.29) is 11.7 Å². The SMILES string of the molecule is CC(=O)[C@@]12CC1[C@@H](n1cnc3c(NCC4CC4)nc(C#Cc4ccc(C)s4)nc31)[C@H](O)C2O. The number of fused-ring (bicyclic) bond motifs is 2. The first-order chi connectivity index (χ1) is 15.9. The van der Waals surface area contributed by atoms with Gasteiger partial charge in [-0.05, 0) is 68.9 Å². The van der Waals surface area contributed by atoms with Crippen molar-refractivity contribution < 1.29 is 15.0 Å². The zero-order chi connectivity index (χ0) is 22.9. The lowest BCUT2D eigenvalue weighted by Gasteiger charge is -2.23. The van der Waals surface area contributed by atoms with Gasteiger partial charge in [0.05, 0.1) is 28.8 Å². The number of carbonyl (C=O) groups excluding carboxylic acids is 1. The van der Waals surface area contributed by atoms with Crippen LogP contribution in [0.2, 0.25) is 0 Å². The van der Waals surface area contributed by atoms with Crippen LogP contribution in [0, 0.1) is 36.0 Å². The molecular weight excluding hydrogens is 438 g/mol. The lowest BCUT2D eigenvalue weighted by Crippen LogP contribution is -2.36. The van der Waals surface area contributed by atoms with E-state index in [9.17, 15) is 15.0 Å². The van der Waals surface area contributed by atoms with Crippen LogP contribution < -0.4 is 5.32 Å². The molecule has 3 aromatic heterocycles. The first-order valence-corrected chi connectivity index (χ1v) is 12.1. The van der Waals surface area contributed by atoms with Crippen LogP contribution in [-0.2, 0) is 4.79 Å². The number of hydrogen-bond donors (Lipinski definition) is 3. The normalized spacial score (nSPS) is 30.1. The van der Waals surface area contributed by atoms with E-state index >= 15 is 0 Å². The fourth-order valence-electron chi connectivity index (χ4n) is 5.27. The van der Waals surface area contributed by atoms with Crippen molar-refractivity contribution in [3.05, 3.63) is 34.0 Å². The number of Topliss-reactive ketones (excluding diaryl/α,β-unsaturated/α-hetero) is 1. The molecule has 3 saturated carbocycles. The minimum absolute atomic E-state index is 0.0785. The third-order valence-corrected chi connectivity index (χ3v) is 8.28. The van der Waals surface area contributed by atoms with Crippen LogP contribution in [0.3, 0.4) is 0 Å². The van der Waals surface area contributed by atoms with Crippen molar-refractivity contribution >= 4 is 34.1 Å². The van der Waals surface area contributed by atoms with Crippen LogP contribution in [0.25, 0.3) is 11.2 Å². The topological polar surface area (TPSA) is 113 Å². The van der Waals surface area contributed by atoms with Gasteiger partial charge in [0.2, 0.25) is 5.82 Å². The molecule has 3 heterocycles. The van der Waals surface area contributed by atoms with Gasteiger partial charge in [-0.25, -0.2) is 15.0 Å². The van der Waals surface area contributed by atoms with Gasteiger partial charge in [0.15, 0.2) is 17.0 Å². The minimum atomic E-state index is -1.09. The zero-order valence-corrected chi connectivity index (χ0v) is 19.3. The quantitative estimate of drug-likeness (QED) is 0.498. The van der Waals surface area contributed by atoms with E-state index in [0.29, 0.717) is 35.1 Å². The Hall–Kier alpha value is -2.80. The third-order valence-electron chi connectivity index (χ3n) is 7.36. The molecule has 0 saturated heterocycles. The molecule has 0 aromatic carbocycles. The predicted octanol–water partition coefficient (Wildman–Crippen LogP) is 2.29. The Kier molecular flexibility index (Phi) is 4.63. The highest BCUT2D eigenvalue weighted by Crippen LogP contribution is 2.68. The molecule has 3 aliphatic rings. The maximum absolute atomic E-state index is 12.3. The summed E-state index contributed by atoms with van der Waals surface area (Å²) < 4.78 is 1.80. The van der Waals surface area contributed by atoms with Crippen LogP contribution in [0.15, 0.2) is 18.5 Å². The van der Waals surface area contributed by atoms with Gasteiger partial charge in [-0.3, -0.25) is 4.79 Å². The Labute approximate surface area is 195 Å². The molecule has 9 heteroatoms. The fraction of sp³-hybridized carbons (Fsp3) is 0.500. The summed E-state index contributed by atoms with van der Waals surface area (Å²) in [6, 6.07) is 3.54. The zero-order valence-electron chi connectivity index (χ0n) is 18.4. The molecule has 33 heavy (non-hydrogen) atoms. The Morgan fingerprint density at radius 2 is 2.12 bits per heavy atom. The highest BCUT2D eigenvalue weighted by atomic mass is 32.1. The summed E-state index contributed by atoms with van der Waals surface area (Å²) in [4.78, 5) is 28.3. The standard InChI is InChI=1S/C24H25N5O3S/c1-12-3-6-15(33-12)7-8-17-27-22(25-10-14-4-5-14)18-23(28-17)29(11-26-18)19-16-9-24(16,13(2)30)21(32)20(19)31/h3,6,11,14,16,19-21,31-32H,4-5,9-10H2,1-2H3,(H,25,27,28)/t16?,19-,20+,21?,24+/m1/s1. The van der Waals surface area contributed by atoms with E-state index in [0.717, 1.165) is 11.4 Å². The van der Waals surface area contributed by atoms with Crippen molar-refractivity contribution in [2.45, 2.75) is 51.4 Å². The van der Waals surface area contributed by atoms with Crippen molar-refractivity contribution in [2.24, 2.45) is 17.3 Å². The van der Waals surface area contributed by atoms with Crippen molar-refractivity contribution in [2.75, 3.05) is 11.9 Å². The fourth-order valence-corrected chi connectivity index (χ4v) is 5.99. The maximum Gasteiger partial charge on any atom is 0.209 e. The van der Waals surface area contributed by atoms with Crippen LogP contribution in [-0.4, -0.2) is 54.3 Å². The van der Waals surface area contributed by atoms with E-state index in [1.54, 1.807) is 22.2 Å². The van der Waals surface area contributed by atoms with Crippen LogP contribution in [0.4, 0.5) is 5.82 Å². The summed E-state index contributed by atoms with van der Waals surface area (Å²) in [7, 11) is 0. The lowest BCUT2D eigenvalue weighted by molar-refractivity contribution is -0.128. The van der Waals surface area contributed by atoms with Crippen molar-refractivity contribution in [3.63, 3.8) is 0 Å². The summed E-state index contributed by atoms with van der Waals surface area (Å²) in [5, 5.41) is 24.9. The van der Waals surface area contributed by atoms with Crippen LogP contribution >= 0.6 is 11.3 Å². The lowest BCUT2D eigenvalue weighted by atomic mass is 9.95. The van der Waals surface area contributed by atoms with Crippen LogP contribution in [0.1, 0.15) is 47.8 Å². The smallest absolute Gasteiger partial charge is 0.209 e.